The van der Waals surface area contributed by atoms with E-state index in [-0.39, 0.29) is 0 Å². The Morgan fingerprint density at radius 1 is 1.11 bits per heavy atom. The second-order valence-corrected chi connectivity index (χ2v) is 4.23. The minimum absolute atomic E-state index is 1.04. The average molecular weight is 268 g/mol. The zero-order valence-corrected chi connectivity index (χ0v) is 13.4. The molecule has 0 aromatic carbocycles. The molecule has 0 amide bonds. The van der Waals surface area contributed by atoms with Gasteiger partial charge in [0.2, 0.25) is 0 Å². The Hall–Kier alpha value is -0.870. The lowest BCUT2D eigenvalue weighted by Crippen LogP contribution is -2.43. The van der Waals surface area contributed by atoms with E-state index in [2.05, 4.69) is 28.4 Å². The van der Waals surface area contributed by atoms with Crippen LogP contribution in [0, 0.1) is 6.92 Å². The fourth-order valence-corrected chi connectivity index (χ4v) is 1.98. The van der Waals surface area contributed by atoms with Crippen LogP contribution in [-0.2, 0) is 6.54 Å². The summed E-state index contributed by atoms with van der Waals surface area (Å²) in [6.07, 6.45) is 5.23. The van der Waals surface area contributed by atoms with E-state index in [0.29, 0.717) is 0 Å². The molecular weight excluding hydrogens is 236 g/mol. The quantitative estimate of drug-likeness (QED) is 0.911. The lowest BCUT2D eigenvalue weighted by atomic mass is 10.3. The van der Waals surface area contributed by atoms with E-state index < -0.39 is 0 Å². The average Bonchev–Trinajstić information content (AvgIpc) is 2.90. The topological polar surface area (TPSA) is 33.1 Å². The number of aromatic nitrogens is 2. The first-order chi connectivity index (χ1) is 9.34. The van der Waals surface area contributed by atoms with Crippen molar-refractivity contribution in [2.24, 2.45) is 0 Å². The molecule has 0 bridgehead atoms. The fourth-order valence-electron chi connectivity index (χ4n) is 1.98. The van der Waals surface area contributed by atoms with Gasteiger partial charge in [0.25, 0.3) is 0 Å². The number of hydrogen-bond acceptors (Lipinski definition) is 3. The smallest absolute Gasteiger partial charge is 0.0518 e. The van der Waals surface area contributed by atoms with E-state index in [1.54, 1.807) is 0 Å². The van der Waals surface area contributed by atoms with E-state index in [4.69, 9.17) is 0 Å². The van der Waals surface area contributed by atoms with Crippen LogP contribution < -0.4 is 5.32 Å². The van der Waals surface area contributed by atoms with Crippen molar-refractivity contribution in [3.63, 3.8) is 0 Å². The van der Waals surface area contributed by atoms with Gasteiger partial charge in [-0.1, -0.05) is 27.7 Å². The molecular formula is C15H32N4. The zero-order valence-electron chi connectivity index (χ0n) is 13.4. The molecule has 1 aliphatic rings. The van der Waals surface area contributed by atoms with Gasteiger partial charge in [-0.05, 0) is 25.5 Å². The first-order valence-corrected chi connectivity index (χ1v) is 7.77. The number of nitrogens with zero attached hydrogens (tertiary/aromatic N) is 3. The van der Waals surface area contributed by atoms with Gasteiger partial charge in [0.05, 0.1) is 6.20 Å². The summed E-state index contributed by atoms with van der Waals surface area (Å²) in [5, 5.41) is 7.65. The fraction of sp³-hybridized carbons (Fsp3) is 0.800. The van der Waals surface area contributed by atoms with Crippen LogP contribution in [0.15, 0.2) is 12.4 Å². The van der Waals surface area contributed by atoms with Crippen LogP contribution >= 0.6 is 0 Å². The molecule has 0 atom stereocenters. The Morgan fingerprint density at radius 3 is 2.26 bits per heavy atom. The first-order valence-electron chi connectivity index (χ1n) is 7.77. The Balaban J connectivity index is 0.000000741. The molecule has 1 aromatic heterocycles. The van der Waals surface area contributed by atoms with Crippen LogP contribution in [0.3, 0.4) is 0 Å². The lowest BCUT2D eigenvalue weighted by molar-refractivity contribution is 0.233. The summed E-state index contributed by atoms with van der Waals surface area (Å²) in [5.41, 5.74) is 1.25. The molecule has 112 valence electrons. The van der Waals surface area contributed by atoms with Crippen LogP contribution in [0.1, 0.15) is 39.7 Å². The molecule has 4 heteroatoms. The van der Waals surface area contributed by atoms with Crippen LogP contribution in [0.4, 0.5) is 0 Å². The Labute approximate surface area is 119 Å². The summed E-state index contributed by atoms with van der Waals surface area (Å²) in [6.45, 7) is 17.0. The SMILES string of the molecule is CC.CC.Cc1cnn(CCCN2CCNCC2)c1. The van der Waals surface area contributed by atoms with Crippen LogP contribution in [0.25, 0.3) is 0 Å². The number of nitrogens with one attached hydrogen (secondary N) is 1. The van der Waals surface area contributed by atoms with Gasteiger partial charge < -0.3 is 10.2 Å². The predicted octanol–water partition coefficient (Wildman–Crippen LogP) is 2.54. The van der Waals surface area contributed by atoms with Crippen LogP contribution in [-0.4, -0.2) is 47.4 Å². The number of piperazine rings is 1. The molecule has 1 N–H and O–H groups in total. The third-order valence-electron chi connectivity index (χ3n) is 2.83. The first kappa shape index (κ1) is 18.1. The van der Waals surface area contributed by atoms with Crippen LogP contribution in [0.5, 0.6) is 0 Å². The third-order valence-corrected chi connectivity index (χ3v) is 2.83. The molecule has 1 aromatic rings. The second-order valence-electron chi connectivity index (χ2n) is 4.23. The van der Waals surface area contributed by atoms with E-state index >= 15 is 0 Å². The molecule has 0 radical (unpaired) electrons. The number of hydrogen-bond donors (Lipinski definition) is 1. The zero-order chi connectivity index (χ0) is 14.5. The standard InChI is InChI=1S/C11H20N4.2C2H6/c1-11-9-13-15(10-11)6-2-5-14-7-3-12-4-8-14;2*1-2/h9-10,12H,2-8H2,1H3;2*1-2H3. The summed E-state index contributed by atoms with van der Waals surface area (Å²) in [7, 11) is 0. The molecule has 1 fully saturated rings. The highest BCUT2D eigenvalue weighted by Crippen LogP contribution is 1.99. The van der Waals surface area contributed by atoms with Crippen molar-refractivity contribution in [1.29, 1.82) is 0 Å². The molecule has 1 saturated heterocycles. The van der Waals surface area contributed by atoms with E-state index in [9.17, 15) is 0 Å². The highest BCUT2D eigenvalue weighted by Gasteiger charge is 2.08. The molecule has 0 aliphatic carbocycles. The normalized spacial score (nSPS) is 15.0. The van der Waals surface area contributed by atoms with Crippen molar-refractivity contribution < 1.29 is 0 Å². The monoisotopic (exact) mass is 268 g/mol. The van der Waals surface area contributed by atoms with Gasteiger partial charge in [0.1, 0.15) is 0 Å². The van der Waals surface area contributed by atoms with E-state index in [1.807, 2.05) is 38.6 Å². The van der Waals surface area contributed by atoms with Gasteiger partial charge in [0.15, 0.2) is 0 Å². The highest BCUT2D eigenvalue weighted by atomic mass is 15.3. The minimum Gasteiger partial charge on any atom is -0.314 e. The maximum atomic E-state index is 4.28. The Bertz CT molecular complexity index is 290. The molecule has 2 heterocycles. The summed E-state index contributed by atoms with van der Waals surface area (Å²) in [6, 6.07) is 0. The molecule has 1 aliphatic heterocycles. The van der Waals surface area contributed by atoms with Crippen molar-refractivity contribution in [3.05, 3.63) is 18.0 Å². The van der Waals surface area contributed by atoms with Gasteiger partial charge in [-0.25, -0.2) is 0 Å². The Morgan fingerprint density at radius 2 is 1.74 bits per heavy atom. The number of aryl methyl sites for hydroxylation is 2. The van der Waals surface area contributed by atoms with Crippen molar-refractivity contribution in [2.45, 2.75) is 47.6 Å². The van der Waals surface area contributed by atoms with Crippen molar-refractivity contribution >= 4 is 0 Å². The van der Waals surface area contributed by atoms with Crippen molar-refractivity contribution in [3.8, 4) is 0 Å². The highest BCUT2D eigenvalue weighted by molar-refractivity contribution is 4.99. The molecule has 0 spiro atoms. The summed E-state index contributed by atoms with van der Waals surface area (Å²) in [5.74, 6) is 0. The maximum absolute atomic E-state index is 4.28. The summed E-state index contributed by atoms with van der Waals surface area (Å²) < 4.78 is 2.04. The van der Waals surface area contributed by atoms with Gasteiger partial charge in [-0.15, -0.1) is 0 Å². The molecule has 19 heavy (non-hydrogen) atoms. The summed E-state index contributed by atoms with van der Waals surface area (Å²) >= 11 is 0. The van der Waals surface area contributed by atoms with E-state index in [1.165, 1.54) is 31.6 Å². The summed E-state index contributed by atoms with van der Waals surface area (Å²) in [4.78, 5) is 2.52. The second kappa shape index (κ2) is 12.2. The van der Waals surface area contributed by atoms with Crippen molar-refractivity contribution in [1.82, 2.24) is 20.0 Å². The molecule has 0 unspecified atom stereocenters. The van der Waals surface area contributed by atoms with Gasteiger partial charge in [-0.3, -0.25) is 4.68 Å². The number of rotatable bonds is 4. The molecule has 0 saturated carbocycles. The minimum atomic E-state index is 1.04. The van der Waals surface area contributed by atoms with Gasteiger partial charge in [-0.2, -0.15) is 5.10 Å². The van der Waals surface area contributed by atoms with Gasteiger partial charge >= 0.3 is 0 Å². The predicted molar refractivity (Wildman–Crippen MR) is 83.6 cm³/mol. The maximum Gasteiger partial charge on any atom is 0.0518 e. The Kier molecular flexibility index (Phi) is 11.6. The van der Waals surface area contributed by atoms with Crippen molar-refractivity contribution in [2.75, 3.05) is 32.7 Å². The lowest BCUT2D eigenvalue weighted by Gasteiger charge is -2.26. The van der Waals surface area contributed by atoms with E-state index in [0.717, 1.165) is 19.6 Å². The molecule has 4 nitrogen and oxygen atoms in total. The molecule has 2 rings (SSSR count). The van der Waals surface area contributed by atoms with Gasteiger partial charge in [0, 0.05) is 38.9 Å². The largest absolute Gasteiger partial charge is 0.314 e. The van der Waals surface area contributed by atoms with Crippen LogP contribution in [0.2, 0.25) is 0 Å². The third kappa shape index (κ3) is 8.01.